The van der Waals surface area contributed by atoms with Gasteiger partial charge >= 0.3 is 5.97 Å². The number of hydrogen-bond donors (Lipinski definition) is 0. The van der Waals surface area contributed by atoms with Gasteiger partial charge in [-0.1, -0.05) is 17.7 Å². The van der Waals surface area contributed by atoms with Crippen LogP contribution in [0, 0.1) is 12.3 Å². The number of benzene rings is 1. The van der Waals surface area contributed by atoms with Crippen molar-refractivity contribution in [3.63, 3.8) is 0 Å². The SMILES string of the molecule is COC(=O)C(C)(C)CN(C)c1ccc(C)cc1. The summed E-state index contributed by atoms with van der Waals surface area (Å²) in [4.78, 5) is 13.7. The molecule has 3 nitrogen and oxygen atoms in total. The van der Waals surface area contributed by atoms with Crippen molar-refractivity contribution >= 4 is 11.7 Å². The summed E-state index contributed by atoms with van der Waals surface area (Å²) in [5.74, 6) is -0.184. The first-order valence-corrected chi connectivity index (χ1v) is 5.73. The predicted molar refractivity (Wildman–Crippen MR) is 70.2 cm³/mol. The molecule has 0 saturated carbocycles. The first kappa shape index (κ1) is 13.6. The summed E-state index contributed by atoms with van der Waals surface area (Å²) in [6, 6.07) is 8.25. The van der Waals surface area contributed by atoms with Crippen LogP contribution in [0.3, 0.4) is 0 Å². The van der Waals surface area contributed by atoms with Gasteiger partial charge in [0.05, 0.1) is 12.5 Å². The Hall–Kier alpha value is -1.51. The van der Waals surface area contributed by atoms with E-state index in [0.717, 1.165) is 5.69 Å². The smallest absolute Gasteiger partial charge is 0.313 e. The third kappa shape index (κ3) is 3.48. The first-order valence-electron chi connectivity index (χ1n) is 5.73. The van der Waals surface area contributed by atoms with Crippen molar-refractivity contribution in [2.45, 2.75) is 20.8 Å². The Morgan fingerprint density at radius 1 is 1.29 bits per heavy atom. The second-order valence-electron chi connectivity index (χ2n) is 5.07. The third-order valence-electron chi connectivity index (χ3n) is 2.85. The Bertz CT molecular complexity index is 382. The average molecular weight is 235 g/mol. The maximum absolute atomic E-state index is 11.6. The normalized spacial score (nSPS) is 11.1. The monoisotopic (exact) mass is 235 g/mol. The van der Waals surface area contributed by atoms with Crippen LogP contribution < -0.4 is 4.90 Å². The lowest BCUT2D eigenvalue weighted by molar-refractivity contribution is -0.150. The van der Waals surface area contributed by atoms with E-state index in [0.29, 0.717) is 6.54 Å². The molecule has 3 heteroatoms. The molecule has 1 aromatic rings. The van der Waals surface area contributed by atoms with E-state index < -0.39 is 5.41 Å². The highest BCUT2D eigenvalue weighted by atomic mass is 16.5. The summed E-state index contributed by atoms with van der Waals surface area (Å²) < 4.78 is 4.81. The number of methoxy groups -OCH3 is 1. The summed E-state index contributed by atoms with van der Waals surface area (Å²) >= 11 is 0. The van der Waals surface area contributed by atoms with Crippen LogP contribution in [0.15, 0.2) is 24.3 Å². The molecule has 17 heavy (non-hydrogen) atoms. The molecule has 0 aliphatic carbocycles. The number of hydrogen-bond acceptors (Lipinski definition) is 3. The van der Waals surface area contributed by atoms with E-state index in [1.807, 2.05) is 20.9 Å². The number of aryl methyl sites for hydroxylation is 1. The van der Waals surface area contributed by atoms with E-state index in [4.69, 9.17) is 4.74 Å². The van der Waals surface area contributed by atoms with Crippen LogP contribution in [0.4, 0.5) is 5.69 Å². The number of rotatable bonds is 4. The van der Waals surface area contributed by atoms with Crippen LogP contribution in [0.1, 0.15) is 19.4 Å². The number of anilines is 1. The summed E-state index contributed by atoms with van der Waals surface area (Å²) in [6.45, 7) is 6.47. The molecule has 0 unspecified atom stereocenters. The highest BCUT2D eigenvalue weighted by molar-refractivity contribution is 5.76. The molecule has 0 heterocycles. The highest BCUT2D eigenvalue weighted by Crippen LogP contribution is 2.22. The van der Waals surface area contributed by atoms with Gasteiger partial charge in [0.25, 0.3) is 0 Å². The Kier molecular flexibility index (Phi) is 4.16. The molecule has 0 aliphatic heterocycles. The van der Waals surface area contributed by atoms with E-state index in [-0.39, 0.29) is 5.97 Å². The number of carbonyl (C=O) groups excluding carboxylic acids is 1. The fourth-order valence-corrected chi connectivity index (χ4v) is 1.82. The van der Waals surface area contributed by atoms with Gasteiger partial charge in [0.15, 0.2) is 0 Å². The molecule has 0 saturated heterocycles. The van der Waals surface area contributed by atoms with Gasteiger partial charge in [-0.05, 0) is 32.9 Å². The van der Waals surface area contributed by atoms with E-state index >= 15 is 0 Å². The second kappa shape index (κ2) is 5.21. The van der Waals surface area contributed by atoms with Crippen LogP contribution in [0.25, 0.3) is 0 Å². The largest absolute Gasteiger partial charge is 0.469 e. The minimum atomic E-state index is -0.506. The Labute approximate surface area is 103 Å². The molecule has 0 amide bonds. The van der Waals surface area contributed by atoms with Gasteiger partial charge in [0.2, 0.25) is 0 Å². The molecule has 0 aliphatic rings. The quantitative estimate of drug-likeness (QED) is 0.751. The van der Waals surface area contributed by atoms with Gasteiger partial charge in [0, 0.05) is 19.3 Å². The van der Waals surface area contributed by atoms with Crippen molar-refractivity contribution < 1.29 is 9.53 Å². The van der Waals surface area contributed by atoms with Gasteiger partial charge in [-0.25, -0.2) is 0 Å². The minimum absolute atomic E-state index is 0.184. The minimum Gasteiger partial charge on any atom is -0.469 e. The summed E-state index contributed by atoms with van der Waals surface area (Å²) in [5, 5.41) is 0. The molecule has 0 N–H and O–H groups in total. The van der Waals surface area contributed by atoms with Crippen molar-refractivity contribution in [2.24, 2.45) is 5.41 Å². The molecule has 0 aromatic heterocycles. The molecular weight excluding hydrogens is 214 g/mol. The second-order valence-corrected chi connectivity index (χ2v) is 5.07. The molecule has 1 rings (SSSR count). The fraction of sp³-hybridized carbons (Fsp3) is 0.500. The highest BCUT2D eigenvalue weighted by Gasteiger charge is 2.30. The van der Waals surface area contributed by atoms with E-state index in [1.165, 1.54) is 12.7 Å². The van der Waals surface area contributed by atoms with Gasteiger partial charge < -0.3 is 9.64 Å². The van der Waals surface area contributed by atoms with Crippen LogP contribution in [-0.4, -0.2) is 26.7 Å². The van der Waals surface area contributed by atoms with Crippen LogP contribution in [-0.2, 0) is 9.53 Å². The Balaban J connectivity index is 2.75. The van der Waals surface area contributed by atoms with Gasteiger partial charge in [0.1, 0.15) is 0 Å². The molecule has 0 atom stereocenters. The molecule has 0 fully saturated rings. The lowest BCUT2D eigenvalue weighted by atomic mass is 9.93. The molecule has 0 spiro atoms. The zero-order valence-corrected chi connectivity index (χ0v) is 11.3. The number of carbonyl (C=O) groups is 1. The topological polar surface area (TPSA) is 29.5 Å². The molecule has 0 bridgehead atoms. The van der Waals surface area contributed by atoms with Crippen LogP contribution in [0.2, 0.25) is 0 Å². The summed E-state index contributed by atoms with van der Waals surface area (Å²) in [7, 11) is 3.41. The van der Waals surface area contributed by atoms with Crippen molar-refractivity contribution in [1.82, 2.24) is 0 Å². The average Bonchev–Trinajstić information content (AvgIpc) is 2.28. The zero-order valence-electron chi connectivity index (χ0n) is 11.3. The number of nitrogens with zero attached hydrogens (tertiary/aromatic N) is 1. The molecular formula is C14H21NO2. The summed E-state index contributed by atoms with van der Waals surface area (Å²) in [6.07, 6.45) is 0. The number of esters is 1. The van der Waals surface area contributed by atoms with E-state index in [9.17, 15) is 4.79 Å². The van der Waals surface area contributed by atoms with Crippen molar-refractivity contribution in [2.75, 3.05) is 25.6 Å². The Morgan fingerprint density at radius 3 is 2.29 bits per heavy atom. The summed E-state index contributed by atoms with van der Waals surface area (Å²) in [5.41, 5.74) is 1.83. The lowest BCUT2D eigenvalue weighted by Crippen LogP contribution is -2.38. The molecule has 0 radical (unpaired) electrons. The van der Waals surface area contributed by atoms with E-state index in [1.54, 1.807) is 0 Å². The maximum atomic E-state index is 11.6. The van der Waals surface area contributed by atoms with Gasteiger partial charge in [-0.2, -0.15) is 0 Å². The van der Waals surface area contributed by atoms with Crippen LogP contribution >= 0.6 is 0 Å². The molecule has 94 valence electrons. The Morgan fingerprint density at radius 2 is 1.82 bits per heavy atom. The first-order chi connectivity index (χ1) is 7.86. The van der Waals surface area contributed by atoms with Crippen molar-refractivity contribution in [3.8, 4) is 0 Å². The van der Waals surface area contributed by atoms with Crippen LogP contribution in [0.5, 0.6) is 0 Å². The molecule has 1 aromatic carbocycles. The zero-order chi connectivity index (χ0) is 13.1. The predicted octanol–water partition coefficient (Wildman–Crippen LogP) is 2.63. The fourth-order valence-electron chi connectivity index (χ4n) is 1.82. The standard InChI is InChI=1S/C14H21NO2/c1-11-6-8-12(9-7-11)15(4)10-14(2,3)13(16)17-5/h6-9H,10H2,1-5H3. The number of ether oxygens (including phenoxy) is 1. The third-order valence-corrected chi connectivity index (χ3v) is 2.85. The van der Waals surface area contributed by atoms with Crippen molar-refractivity contribution in [1.29, 1.82) is 0 Å². The maximum Gasteiger partial charge on any atom is 0.313 e. The van der Waals surface area contributed by atoms with Gasteiger partial charge in [-0.15, -0.1) is 0 Å². The van der Waals surface area contributed by atoms with Gasteiger partial charge in [-0.3, -0.25) is 4.79 Å². The lowest BCUT2D eigenvalue weighted by Gasteiger charge is -2.29. The van der Waals surface area contributed by atoms with Crippen molar-refractivity contribution in [3.05, 3.63) is 29.8 Å². The van der Waals surface area contributed by atoms with E-state index in [2.05, 4.69) is 36.1 Å².